The standard InChI is InChI=1S/C28H25N3O3/c1-15-12-13-19-24(16(15)2)29-27(34)28(19)23-22(21-11-6-14-30(21)28)25(32)31(26(23)33)20-10-5-8-17-7-3-4-9-18(17)20/h3-5,7-10,12-13,21-23H,6,11,14H2,1-2H3,(H,29,34)/t21-,22+,23+,28+/m1/s1. The molecule has 0 saturated carbocycles. The first-order valence-electron chi connectivity index (χ1n) is 12.0. The fourth-order valence-electron chi connectivity index (χ4n) is 7.16. The summed E-state index contributed by atoms with van der Waals surface area (Å²) in [6.07, 6.45) is 1.73. The van der Waals surface area contributed by atoms with Crippen LogP contribution in [0.25, 0.3) is 10.8 Å². The molecule has 4 atom stereocenters. The summed E-state index contributed by atoms with van der Waals surface area (Å²) in [5, 5.41) is 4.97. The number of imide groups is 1. The van der Waals surface area contributed by atoms with Crippen LogP contribution in [0.15, 0.2) is 54.6 Å². The highest BCUT2D eigenvalue weighted by Crippen LogP contribution is 2.61. The van der Waals surface area contributed by atoms with E-state index in [1.54, 1.807) is 0 Å². The van der Waals surface area contributed by atoms with E-state index in [4.69, 9.17) is 0 Å². The van der Waals surface area contributed by atoms with Gasteiger partial charge >= 0.3 is 0 Å². The van der Waals surface area contributed by atoms with Gasteiger partial charge in [-0.15, -0.1) is 0 Å². The van der Waals surface area contributed by atoms with Crippen molar-refractivity contribution < 1.29 is 14.4 Å². The van der Waals surface area contributed by atoms with Crippen LogP contribution in [0.3, 0.4) is 0 Å². The number of benzene rings is 3. The Kier molecular flexibility index (Phi) is 3.83. The van der Waals surface area contributed by atoms with Gasteiger partial charge in [0.2, 0.25) is 17.7 Å². The Labute approximate surface area is 197 Å². The molecule has 4 aliphatic heterocycles. The van der Waals surface area contributed by atoms with Crippen molar-refractivity contribution in [3.8, 4) is 0 Å². The molecule has 170 valence electrons. The highest BCUT2D eigenvalue weighted by Gasteiger charge is 2.74. The van der Waals surface area contributed by atoms with E-state index in [0.29, 0.717) is 12.2 Å². The summed E-state index contributed by atoms with van der Waals surface area (Å²) < 4.78 is 0. The fourth-order valence-corrected chi connectivity index (χ4v) is 7.16. The maximum absolute atomic E-state index is 14.2. The van der Waals surface area contributed by atoms with Crippen LogP contribution in [-0.2, 0) is 19.9 Å². The van der Waals surface area contributed by atoms with Gasteiger partial charge in [-0.2, -0.15) is 0 Å². The van der Waals surface area contributed by atoms with Gasteiger partial charge in [0.15, 0.2) is 0 Å². The number of carbonyl (C=O) groups excluding carboxylic acids is 3. The number of nitrogens with one attached hydrogen (secondary N) is 1. The third-order valence-electron chi connectivity index (χ3n) is 8.71. The predicted molar refractivity (Wildman–Crippen MR) is 129 cm³/mol. The first kappa shape index (κ1) is 19.9. The van der Waals surface area contributed by atoms with Crippen molar-refractivity contribution in [1.82, 2.24) is 4.90 Å². The lowest BCUT2D eigenvalue weighted by Crippen LogP contribution is -2.54. The first-order valence-corrected chi connectivity index (χ1v) is 12.0. The van der Waals surface area contributed by atoms with Crippen molar-refractivity contribution in [1.29, 1.82) is 0 Å². The largest absolute Gasteiger partial charge is 0.324 e. The topological polar surface area (TPSA) is 69.7 Å². The summed E-state index contributed by atoms with van der Waals surface area (Å²) in [7, 11) is 0. The van der Waals surface area contributed by atoms with E-state index in [1.807, 2.05) is 68.4 Å². The number of aryl methyl sites for hydroxylation is 1. The zero-order chi connectivity index (χ0) is 23.4. The molecule has 1 N–H and O–H groups in total. The third-order valence-corrected chi connectivity index (χ3v) is 8.71. The number of amides is 3. The van der Waals surface area contributed by atoms with Crippen molar-refractivity contribution in [2.45, 2.75) is 38.3 Å². The van der Waals surface area contributed by atoms with Crippen molar-refractivity contribution in [2.75, 3.05) is 16.8 Å². The van der Waals surface area contributed by atoms with Crippen LogP contribution in [0.2, 0.25) is 0 Å². The predicted octanol–water partition coefficient (Wildman–Crippen LogP) is 3.89. The number of hydrogen-bond acceptors (Lipinski definition) is 4. The van der Waals surface area contributed by atoms with Crippen LogP contribution in [0.1, 0.15) is 29.5 Å². The highest BCUT2D eigenvalue weighted by atomic mass is 16.2. The molecule has 0 radical (unpaired) electrons. The van der Waals surface area contributed by atoms with Crippen LogP contribution >= 0.6 is 0 Å². The minimum atomic E-state index is -1.13. The first-order chi connectivity index (χ1) is 16.5. The van der Waals surface area contributed by atoms with Crippen LogP contribution in [0, 0.1) is 25.7 Å². The molecule has 34 heavy (non-hydrogen) atoms. The van der Waals surface area contributed by atoms with Gasteiger partial charge in [0.25, 0.3) is 0 Å². The summed E-state index contributed by atoms with van der Waals surface area (Å²) in [6.45, 7) is 4.74. The summed E-state index contributed by atoms with van der Waals surface area (Å²) in [4.78, 5) is 45.7. The molecule has 3 aromatic carbocycles. The Balaban J connectivity index is 1.46. The zero-order valence-corrected chi connectivity index (χ0v) is 19.2. The smallest absolute Gasteiger partial charge is 0.250 e. The summed E-state index contributed by atoms with van der Waals surface area (Å²) >= 11 is 0. The second-order valence-electron chi connectivity index (χ2n) is 10.1. The molecule has 4 heterocycles. The molecule has 0 aliphatic carbocycles. The van der Waals surface area contributed by atoms with Gasteiger partial charge in [0.1, 0.15) is 5.54 Å². The molecule has 6 heteroatoms. The highest BCUT2D eigenvalue weighted by molar-refractivity contribution is 6.28. The minimum absolute atomic E-state index is 0.111. The van der Waals surface area contributed by atoms with Crippen LogP contribution in [0.5, 0.6) is 0 Å². The molecule has 4 aliphatic rings. The van der Waals surface area contributed by atoms with Crippen LogP contribution in [0.4, 0.5) is 11.4 Å². The lowest BCUT2D eigenvalue weighted by molar-refractivity contribution is -0.135. The molecule has 0 unspecified atom stereocenters. The molecule has 7 rings (SSSR count). The molecule has 3 aromatic rings. The number of rotatable bonds is 1. The number of anilines is 2. The normalized spacial score (nSPS) is 29.8. The van der Waals surface area contributed by atoms with Gasteiger partial charge in [-0.1, -0.05) is 48.5 Å². The van der Waals surface area contributed by atoms with Gasteiger partial charge in [-0.05, 0) is 55.8 Å². The summed E-state index contributed by atoms with van der Waals surface area (Å²) in [5.74, 6) is -1.86. The third kappa shape index (κ3) is 2.13. The molecule has 0 aromatic heterocycles. The van der Waals surface area contributed by atoms with Crippen molar-refractivity contribution in [2.24, 2.45) is 11.8 Å². The Morgan fingerprint density at radius 1 is 0.941 bits per heavy atom. The van der Waals surface area contributed by atoms with E-state index < -0.39 is 17.4 Å². The maximum Gasteiger partial charge on any atom is 0.250 e. The average Bonchev–Trinajstić information content (AvgIpc) is 3.55. The van der Waals surface area contributed by atoms with Gasteiger partial charge in [-0.25, -0.2) is 4.90 Å². The molecule has 0 bridgehead atoms. The van der Waals surface area contributed by atoms with Crippen molar-refractivity contribution >= 4 is 39.9 Å². The van der Waals surface area contributed by atoms with Crippen LogP contribution in [-0.4, -0.2) is 35.2 Å². The lowest BCUT2D eigenvalue weighted by Gasteiger charge is -2.36. The Morgan fingerprint density at radius 2 is 1.74 bits per heavy atom. The summed E-state index contributed by atoms with van der Waals surface area (Å²) in [6, 6.07) is 17.4. The minimum Gasteiger partial charge on any atom is -0.324 e. The van der Waals surface area contributed by atoms with Gasteiger partial charge < -0.3 is 5.32 Å². The molecule has 1 spiro atoms. The second-order valence-corrected chi connectivity index (χ2v) is 10.1. The van der Waals surface area contributed by atoms with E-state index >= 15 is 0 Å². The average molecular weight is 452 g/mol. The Bertz CT molecular complexity index is 1440. The zero-order valence-electron chi connectivity index (χ0n) is 19.2. The number of hydrogen-bond donors (Lipinski definition) is 1. The van der Waals surface area contributed by atoms with Crippen molar-refractivity contribution in [3.63, 3.8) is 0 Å². The molecule has 3 saturated heterocycles. The number of carbonyl (C=O) groups is 3. The Morgan fingerprint density at radius 3 is 2.59 bits per heavy atom. The summed E-state index contributed by atoms with van der Waals surface area (Å²) in [5.41, 5.74) is 3.24. The van der Waals surface area contributed by atoms with Gasteiger partial charge in [0.05, 0.1) is 17.5 Å². The van der Waals surface area contributed by atoms with E-state index in [9.17, 15) is 14.4 Å². The molecule has 6 nitrogen and oxygen atoms in total. The van der Waals surface area contributed by atoms with E-state index in [1.165, 1.54) is 4.90 Å². The molecule has 3 fully saturated rings. The second kappa shape index (κ2) is 6.54. The van der Waals surface area contributed by atoms with E-state index in [0.717, 1.165) is 46.0 Å². The van der Waals surface area contributed by atoms with Gasteiger partial charge in [0, 0.05) is 22.7 Å². The van der Waals surface area contributed by atoms with Crippen molar-refractivity contribution in [3.05, 3.63) is 71.3 Å². The number of fused-ring (bicyclic) bond motifs is 8. The maximum atomic E-state index is 14.2. The molecular formula is C28H25N3O3. The quantitative estimate of drug-likeness (QED) is 0.570. The lowest BCUT2D eigenvalue weighted by atomic mass is 9.75. The Hall–Kier alpha value is -3.51. The monoisotopic (exact) mass is 451 g/mol. The number of nitrogens with zero attached hydrogens (tertiary/aromatic N) is 2. The van der Waals surface area contributed by atoms with Gasteiger partial charge in [-0.3, -0.25) is 19.3 Å². The fraction of sp³-hybridized carbons (Fsp3) is 0.321. The molecule has 3 amide bonds. The SMILES string of the molecule is Cc1ccc2c(c1C)NC(=O)[C@@]21[C@@H]2C(=O)N(c3cccc4ccccc34)C(=O)[C@H]2[C@H]2CCCN21. The van der Waals surface area contributed by atoms with E-state index in [2.05, 4.69) is 10.2 Å². The van der Waals surface area contributed by atoms with Crippen LogP contribution < -0.4 is 10.2 Å². The molecular weight excluding hydrogens is 426 g/mol. The van der Waals surface area contributed by atoms with E-state index in [-0.39, 0.29) is 23.8 Å².